The molecule has 0 radical (unpaired) electrons. The van der Waals surface area contributed by atoms with Crippen molar-refractivity contribution >= 4 is 12.6 Å². The van der Waals surface area contributed by atoms with Crippen molar-refractivity contribution in [1.82, 2.24) is 4.98 Å². The molecule has 3 N–H and O–H groups in total. The second kappa shape index (κ2) is 8.92. The number of nitrogens with two attached hydrogens (primary N) is 1. The van der Waals surface area contributed by atoms with E-state index in [0.29, 0.717) is 0 Å². The van der Waals surface area contributed by atoms with Gasteiger partial charge in [0.05, 0.1) is 18.3 Å². The van der Waals surface area contributed by atoms with E-state index in [9.17, 15) is 0 Å². The summed E-state index contributed by atoms with van der Waals surface area (Å²) in [5.74, 6) is 0. The van der Waals surface area contributed by atoms with Crippen molar-refractivity contribution in [2.45, 2.75) is 72.1 Å². The molecule has 1 aliphatic heterocycles. The molecule has 0 bridgehead atoms. The molecule has 0 atom stereocenters. The highest BCUT2D eigenvalue weighted by atomic mass is 17.1. The van der Waals surface area contributed by atoms with E-state index in [1.165, 1.54) is 7.11 Å². The highest BCUT2D eigenvalue weighted by Gasteiger charge is 2.51. The summed E-state index contributed by atoms with van der Waals surface area (Å²) >= 11 is 0. The highest BCUT2D eigenvalue weighted by Crippen LogP contribution is 2.36. The average Bonchev–Trinajstić information content (AvgIpc) is 2.57. The Hall–Kier alpha value is -0.985. The fourth-order valence-corrected chi connectivity index (χ4v) is 1.69. The molecule has 140 valence electrons. The first-order chi connectivity index (χ1) is 10.7. The minimum absolute atomic E-state index is 0. The van der Waals surface area contributed by atoms with E-state index < -0.39 is 0 Å². The Bertz CT molecular complexity index is 486. The van der Waals surface area contributed by atoms with E-state index in [1.54, 1.807) is 6.20 Å². The van der Waals surface area contributed by atoms with Crippen molar-refractivity contribution in [3.05, 3.63) is 24.0 Å². The molecule has 0 aromatic carbocycles. The maximum atomic E-state index is 7.07. The molecular weight excluding hydrogens is 307 g/mol. The predicted octanol–water partition coefficient (Wildman–Crippen LogP) is 2.78. The van der Waals surface area contributed by atoms with Gasteiger partial charge in [-0.15, -0.1) is 0 Å². The molecule has 1 saturated heterocycles. The lowest BCUT2D eigenvalue weighted by Gasteiger charge is -2.32. The second-order valence-corrected chi connectivity index (χ2v) is 7.93. The van der Waals surface area contributed by atoms with E-state index in [2.05, 4.69) is 43.6 Å². The molecular formula is C17H35BN2O4. The zero-order valence-corrected chi connectivity index (χ0v) is 16.5. The van der Waals surface area contributed by atoms with Crippen LogP contribution in [-0.4, -0.2) is 41.2 Å². The molecule has 24 heavy (non-hydrogen) atoms. The van der Waals surface area contributed by atoms with Gasteiger partial charge in [0.15, 0.2) is 0 Å². The van der Waals surface area contributed by atoms with Gasteiger partial charge in [-0.1, -0.05) is 6.07 Å². The number of aryl methyl sites for hydroxylation is 1. The maximum absolute atomic E-state index is 7.07. The lowest BCUT2D eigenvalue weighted by Crippen LogP contribution is -2.41. The molecule has 6 nitrogen and oxygen atoms in total. The zero-order chi connectivity index (χ0) is 19.2. The summed E-state index contributed by atoms with van der Waals surface area (Å²) in [6.07, 6.45) is 3.63. The van der Waals surface area contributed by atoms with Crippen molar-refractivity contribution in [1.29, 1.82) is 0 Å². The quantitative estimate of drug-likeness (QED) is 0.464. The van der Waals surface area contributed by atoms with Gasteiger partial charge in [-0.3, -0.25) is 10.2 Å². The van der Waals surface area contributed by atoms with E-state index in [4.69, 9.17) is 20.3 Å². The van der Waals surface area contributed by atoms with Crippen LogP contribution in [0.25, 0.3) is 0 Å². The van der Waals surface area contributed by atoms with Crippen LogP contribution in [0.2, 0.25) is 0 Å². The first-order valence-electron chi connectivity index (χ1n) is 7.97. The topological polar surface area (TPSA) is 86.8 Å². The molecule has 0 spiro atoms. The van der Waals surface area contributed by atoms with E-state index in [1.807, 2.05) is 33.9 Å². The lowest BCUT2D eigenvalue weighted by atomic mass is 9.80. The van der Waals surface area contributed by atoms with Gasteiger partial charge >= 0.3 is 7.12 Å². The number of pyridine rings is 1. The van der Waals surface area contributed by atoms with Gasteiger partial charge in [0, 0.05) is 24.8 Å². The smallest absolute Gasteiger partial charge is 0.399 e. The largest absolute Gasteiger partial charge is 0.496 e. The van der Waals surface area contributed by atoms with Crippen molar-refractivity contribution in [2.24, 2.45) is 5.73 Å². The van der Waals surface area contributed by atoms with Crippen molar-refractivity contribution in [3.63, 3.8) is 0 Å². The van der Waals surface area contributed by atoms with Crippen molar-refractivity contribution < 1.29 is 20.9 Å². The van der Waals surface area contributed by atoms with Gasteiger partial charge < -0.3 is 15.0 Å². The molecule has 0 saturated carbocycles. The number of rotatable bonds is 1. The Kier molecular flexibility index (Phi) is 8.55. The van der Waals surface area contributed by atoms with Gasteiger partial charge in [0.2, 0.25) is 0 Å². The van der Waals surface area contributed by atoms with Crippen LogP contribution in [-0.2, 0) is 14.2 Å². The summed E-state index contributed by atoms with van der Waals surface area (Å²) in [5, 5.41) is 7.07. The average molecular weight is 342 g/mol. The van der Waals surface area contributed by atoms with Crippen LogP contribution in [0.5, 0.6) is 0 Å². The fraction of sp³-hybridized carbons (Fsp3) is 0.706. The summed E-state index contributed by atoms with van der Waals surface area (Å²) < 4.78 is 11.9. The number of nitrogens with zero attached hydrogens (tertiary/aromatic N) is 1. The molecule has 1 aromatic heterocycles. The number of hydrogen-bond acceptors (Lipinski definition) is 6. The van der Waals surface area contributed by atoms with Crippen LogP contribution < -0.4 is 11.2 Å². The van der Waals surface area contributed by atoms with Crippen LogP contribution >= 0.6 is 0 Å². The van der Waals surface area contributed by atoms with Crippen LogP contribution in [0.1, 0.15) is 55.5 Å². The van der Waals surface area contributed by atoms with Crippen LogP contribution in [0, 0.1) is 6.92 Å². The van der Waals surface area contributed by atoms with Gasteiger partial charge in [0.25, 0.3) is 0 Å². The molecule has 0 aliphatic carbocycles. The normalized spacial score (nSPS) is 18.2. The first kappa shape index (κ1) is 23.0. The van der Waals surface area contributed by atoms with Crippen molar-refractivity contribution in [3.8, 4) is 0 Å². The SMILES string of the molecule is CC(C)(C)N.COO.Cc1cncc(B2OC(C)(C)C(C)(C)O2)c1.[HH]. The summed E-state index contributed by atoms with van der Waals surface area (Å²) in [7, 11) is 0.873. The van der Waals surface area contributed by atoms with Crippen molar-refractivity contribution in [2.75, 3.05) is 7.11 Å². The standard InChI is InChI=1S/C12H18BNO2.C4H11N.CH4O2.H2/c1-9-6-10(8-14-7-9)13-15-11(2,3)12(4,5)16-13;1-4(2,3)5;1-3-2;/h6-8H,1-5H3;5H2,1-3H3;2H,1H3;1H. The summed E-state index contributed by atoms with van der Waals surface area (Å²) in [5.41, 5.74) is 6.88. The van der Waals surface area contributed by atoms with Gasteiger partial charge in [0.1, 0.15) is 0 Å². The minimum Gasteiger partial charge on any atom is -0.399 e. The minimum atomic E-state index is -0.308. The third kappa shape index (κ3) is 8.21. The lowest BCUT2D eigenvalue weighted by molar-refractivity contribution is -0.214. The summed E-state index contributed by atoms with van der Waals surface area (Å²) in [6, 6.07) is 2.05. The number of aromatic nitrogens is 1. The molecule has 1 fully saturated rings. The molecule has 2 rings (SSSR count). The Balaban J connectivity index is 0. The Morgan fingerprint density at radius 2 is 1.54 bits per heavy atom. The highest BCUT2D eigenvalue weighted by molar-refractivity contribution is 6.62. The molecule has 0 unspecified atom stereocenters. The van der Waals surface area contributed by atoms with E-state index >= 15 is 0 Å². The maximum Gasteiger partial charge on any atom is 0.496 e. The Morgan fingerprint density at radius 1 is 1.17 bits per heavy atom. The Labute approximate surface area is 148 Å². The Morgan fingerprint density at radius 3 is 1.88 bits per heavy atom. The van der Waals surface area contributed by atoms with Gasteiger partial charge in [-0.25, -0.2) is 4.89 Å². The molecule has 1 aromatic rings. The summed E-state index contributed by atoms with van der Waals surface area (Å²) in [6.45, 7) is 16.1. The fourth-order valence-electron chi connectivity index (χ4n) is 1.69. The molecule has 1 aliphatic rings. The number of hydrogen-bond donors (Lipinski definition) is 2. The molecule has 2 heterocycles. The summed E-state index contributed by atoms with van der Waals surface area (Å²) in [4.78, 5) is 7.41. The predicted molar refractivity (Wildman–Crippen MR) is 100 cm³/mol. The zero-order valence-electron chi connectivity index (χ0n) is 16.5. The van der Waals surface area contributed by atoms with Crippen LogP contribution in [0.15, 0.2) is 18.5 Å². The van der Waals surface area contributed by atoms with E-state index in [-0.39, 0.29) is 25.3 Å². The third-order valence-electron chi connectivity index (χ3n) is 3.42. The van der Waals surface area contributed by atoms with Gasteiger partial charge in [-0.05, 0) is 61.0 Å². The third-order valence-corrected chi connectivity index (χ3v) is 3.42. The second-order valence-electron chi connectivity index (χ2n) is 7.93. The first-order valence-corrected chi connectivity index (χ1v) is 7.97. The van der Waals surface area contributed by atoms with E-state index in [0.717, 1.165) is 11.0 Å². The molecule has 7 heteroatoms. The monoisotopic (exact) mass is 342 g/mol. The van der Waals surface area contributed by atoms with Crippen LogP contribution in [0.4, 0.5) is 0 Å². The molecule has 0 amide bonds. The van der Waals surface area contributed by atoms with Crippen LogP contribution in [0.3, 0.4) is 0 Å². The van der Waals surface area contributed by atoms with Gasteiger partial charge in [-0.2, -0.15) is 0 Å².